The second-order valence-electron chi connectivity index (χ2n) is 6.93. The molecule has 1 N–H and O–H groups in total. The Bertz CT molecular complexity index is 984. The summed E-state index contributed by atoms with van der Waals surface area (Å²) in [6, 6.07) is 13.8. The van der Waals surface area contributed by atoms with E-state index in [1.165, 1.54) is 0 Å². The van der Waals surface area contributed by atoms with Gasteiger partial charge in [0.05, 0.1) is 12.6 Å². The molecular weight excluding hydrogens is 354 g/mol. The predicted molar refractivity (Wildman–Crippen MR) is 107 cm³/mol. The molecule has 1 aliphatic rings. The molecule has 4 rings (SSSR count). The van der Waals surface area contributed by atoms with Crippen molar-refractivity contribution < 1.29 is 14.3 Å². The minimum absolute atomic E-state index is 0.133. The maximum atomic E-state index is 12.8. The molecule has 1 aromatic carbocycles. The Kier molecular flexibility index (Phi) is 5.48. The van der Waals surface area contributed by atoms with Gasteiger partial charge in [0.1, 0.15) is 5.69 Å². The van der Waals surface area contributed by atoms with Crippen LogP contribution in [0, 0.1) is 0 Å². The number of ether oxygens (including phenoxy) is 2. The van der Waals surface area contributed by atoms with Gasteiger partial charge in [-0.25, -0.2) is 9.97 Å². The van der Waals surface area contributed by atoms with Crippen LogP contribution in [-0.4, -0.2) is 42.2 Å². The Morgan fingerprint density at radius 3 is 2.86 bits per heavy atom. The van der Waals surface area contributed by atoms with E-state index in [4.69, 9.17) is 9.47 Å². The second kappa shape index (κ2) is 8.35. The highest BCUT2D eigenvalue weighted by Gasteiger charge is 2.19. The van der Waals surface area contributed by atoms with E-state index >= 15 is 0 Å². The number of amides is 1. The molecule has 28 heavy (non-hydrogen) atoms. The summed E-state index contributed by atoms with van der Waals surface area (Å²) in [6.07, 6.45) is 4.07. The number of para-hydroxylation sites is 1. The number of pyridine rings is 2. The topological polar surface area (TPSA) is 73.3 Å². The molecule has 6 nitrogen and oxygen atoms in total. The number of carbonyl (C=O) groups excluding carboxylic acids is 1. The zero-order chi connectivity index (χ0) is 19.3. The van der Waals surface area contributed by atoms with Gasteiger partial charge in [0.15, 0.2) is 0 Å². The summed E-state index contributed by atoms with van der Waals surface area (Å²) in [6.45, 7) is 1.37. The number of rotatable bonds is 5. The average molecular weight is 377 g/mol. The van der Waals surface area contributed by atoms with E-state index in [0.29, 0.717) is 31.2 Å². The molecule has 1 fully saturated rings. The molecule has 0 radical (unpaired) electrons. The fraction of sp³-hybridized carbons (Fsp3) is 0.318. The summed E-state index contributed by atoms with van der Waals surface area (Å²) in [7, 11) is 1.60. The molecule has 3 aromatic rings. The normalized spacial score (nSPS) is 14.8. The van der Waals surface area contributed by atoms with Crippen LogP contribution in [0.4, 0.5) is 0 Å². The van der Waals surface area contributed by atoms with Crippen molar-refractivity contribution in [1.82, 2.24) is 15.3 Å². The van der Waals surface area contributed by atoms with Crippen LogP contribution in [0.25, 0.3) is 10.9 Å². The lowest BCUT2D eigenvalue weighted by atomic mass is 10.0. The summed E-state index contributed by atoms with van der Waals surface area (Å²) in [4.78, 5) is 21.6. The molecule has 0 spiro atoms. The third kappa shape index (κ3) is 4.12. The third-order valence-corrected chi connectivity index (χ3v) is 4.99. The molecule has 1 aliphatic heterocycles. The molecule has 144 valence electrons. The fourth-order valence-electron chi connectivity index (χ4n) is 3.50. The van der Waals surface area contributed by atoms with Gasteiger partial charge < -0.3 is 14.8 Å². The van der Waals surface area contributed by atoms with Crippen molar-refractivity contribution in [2.75, 3.05) is 20.3 Å². The summed E-state index contributed by atoms with van der Waals surface area (Å²) in [5.41, 5.74) is 3.38. The lowest BCUT2D eigenvalue weighted by Crippen LogP contribution is -2.39. The lowest BCUT2D eigenvalue weighted by molar-refractivity contribution is 0.0694. The largest absolute Gasteiger partial charge is 0.481 e. The highest BCUT2D eigenvalue weighted by molar-refractivity contribution is 5.96. The zero-order valence-electron chi connectivity index (χ0n) is 15.9. The van der Waals surface area contributed by atoms with Crippen LogP contribution in [0.1, 0.15) is 34.5 Å². The lowest BCUT2D eigenvalue weighted by Gasteiger charge is -2.23. The average Bonchev–Trinajstić information content (AvgIpc) is 2.74. The van der Waals surface area contributed by atoms with Gasteiger partial charge in [-0.05, 0) is 48.6 Å². The monoisotopic (exact) mass is 377 g/mol. The van der Waals surface area contributed by atoms with Crippen LogP contribution < -0.4 is 10.1 Å². The standard InChI is InChI=1S/C22H23N3O3/c1-27-21-13-15(6-9-23-21)12-16-14-20(25-19-5-3-2-4-18(16)19)22(26)24-17-7-10-28-11-8-17/h2-6,9,13-14,17H,7-8,10-12H2,1H3,(H,24,26). The first-order valence-electron chi connectivity index (χ1n) is 9.49. The Hall–Kier alpha value is -2.99. The second-order valence-corrected chi connectivity index (χ2v) is 6.93. The Labute approximate surface area is 163 Å². The number of nitrogens with one attached hydrogen (secondary N) is 1. The zero-order valence-corrected chi connectivity index (χ0v) is 15.9. The van der Waals surface area contributed by atoms with Crippen LogP contribution in [0.5, 0.6) is 5.88 Å². The van der Waals surface area contributed by atoms with Crippen LogP contribution in [0.15, 0.2) is 48.7 Å². The Morgan fingerprint density at radius 1 is 1.21 bits per heavy atom. The van der Waals surface area contributed by atoms with Crippen LogP contribution in [0.2, 0.25) is 0 Å². The van der Waals surface area contributed by atoms with Crippen LogP contribution in [0.3, 0.4) is 0 Å². The number of carbonyl (C=O) groups is 1. The number of hydrogen-bond donors (Lipinski definition) is 1. The minimum Gasteiger partial charge on any atom is -0.481 e. The highest BCUT2D eigenvalue weighted by atomic mass is 16.5. The summed E-state index contributed by atoms with van der Waals surface area (Å²) in [5, 5.41) is 4.14. The predicted octanol–water partition coefficient (Wildman–Crippen LogP) is 3.14. The van der Waals surface area contributed by atoms with Crippen molar-refractivity contribution in [1.29, 1.82) is 0 Å². The smallest absolute Gasteiger partial charge is 0.270 e. The number of hydrogen-bond acceptors (Lipinski definition) is 5. The molecule has 2 aromatic heterocycles. The Balaban J connectivity index is 1.65. The molecular formula is C22H23N3O3. The van der Waals surface area contributed by atoms with Crippen molar-refractivity contribution in [2.45, 2.75) is 25.3 Å². The van der Waals surface area contributed by atoms with E-state index in [1.807, 2.05) is 42.5 Å². The van der Waals surface area contributed by atoms with E-state index in [9.17, 15) is 4.79 Å². The number of nitrogens with zero attached hydrogens (tertiary/aromatic N) is 2. The molecule has 0 atom stereocenters. The van der Waals surface area contributed by atoms with Gasteiger partial charge in [0.25, 0.3) is 5.91 Å². The number of benzene rings is 1. The number of fused-ring (bicyclic) bond motifs is 1. The molecule has 1 amide bonds. The van der Waals surface area contributed by atoms with E-state index in [-0.39, 0.29) is 11.9 Å². The van der Waals surface area contributed by atoms with Gasteiger partial charge in [-0.3, -0.25) is 4.79 Å². The quantitative estimate of drug-likeness (QED) is 0.739. The molecule has 0 aliphatic carbocycles. The third-order valence-electron chi connectivity index (χ3n) is 4.99. The van der Waals surface area contributed by atoms with Gasteiger partial charge in [-0.1, -0.05) is 18.2 Å². The fourth-order valence-corrected chi connectivity index (χ4v) is 3.50. The van der Waals surface area contributed by atoms with Gasteiger partial charge in [-0.2, -0.15) is 0 Å². The van der Waals surface area contributed by atoms with Gasteiger partial charge in [0, 0.05) is 36.9 Å². The molecule has 0 bridgehead atoms. The molecule has 1 saturated heterocycles. The van der Waals surface area contributed by atoms with Gasteiger partial charge >= 0.3 is 0 Å². The van der Waals surface area contributed by atoms with Crippen molar-refractivity contribution in [2.24, 2.45) is 0 Å². The maximum Gasteiger partial charge on any atom is 0.270 e. The minimum atomic E-state index is -0.133. The van der Waals surface area contributed by atoms with Crippen molar-refractivity contribution >= 4 is 16.8 Å². The van der Waals surface area contributed by atoms with Gasteiger partial charge in [-0.15, -0.1) is 0 Å². The molecule has 0 unspecified atom stereocenters. The highest BCUT2D eigenvalue weighted by Crippen LogP contribution is 2.23. The molecule has 3 heterocycles. The number of aromatic nitrogens is 2. The van der Waals surface area contributed by atoms with E-state index in [2.05, 4.69) is 15.3 Å². The van der Waals surface area contributed by atoms with Crippen LogP contribution in [-0.2, 0) is 11.2 Å². The van der Waals surface area contributed by atoms with Crippen molar-refractivity contribution in [3.63, 3.8) is 0 Å². The number of methoxy groups -OCH3 is 1. The van der Waals surface area contributed by atoms with Gasteiger partial charge in [0.2, 0.25) is 5.88 Å². The first-order chi connectivity index (χ1) is 13.7. The van der Waals surface area contributed by atoms with Crippen LogP contribution >= 0.6 is 0 Å². The molecule has 6 heteroatoms. The van der Waals surface area contributed by atoms with Crippen molar-refractivity contribution in [3.8, 4) is 5.88 Å². The molecule has 0 saturated carbocycles. The Morgan fingerprint density at radius 2 is 2.04 bits per heavy atom. The summed E-state index contributed by atoms with van der Waals surface area (Å²) >= 11 is 0. The maximum absolute atomic E-state index is 12.8. The summed E-state index contributed by atoms with van der Waals surface area (Å²) < 4.78 is 10.6. The van der Waals surface area contributed by atoms with E-state index < -0.39 is 0 Å². The van der Waals surface area contributed by atoms with E-state index in [0.717, 1.165) is 34.9 Å². The first kappa shape index (κ1) is 18.4. The summed E-state index contributed by atoms with van der Waals surface area (Å²) in [5.74, 6) is 0.444. The van der Waals surface area contributed by atoms with Crippen molar-refractivity contribution in [3.05, 3.63) is 65.5 Å². The first-order valence-corrected chi connectivity index (χ1v) is 9.49. The SMILES string of the molecule is COc1cc(Cc2cc(C(=O)NC3CCOCC3)nc3ccccc23)ccn1. The van der Waals surface area contributed by atoms with E-state index in [1.54, 1.807) is 13.3 Å².